The SMILES string of the molecule is Cc1cc(-n2nc(C)c([N+](=O)[O-])c2C)nc(N)n1. The van der Waals surface area contributed by atoms with E-state index in [0.717, 1.165) is 0 Å². The highest BCUT2D eigenvalue weighted by atomic mass is 16.6. The summed E-state index contributed by atoms with van der Waals surface area (Å²) in [7, 11) is 0. The van der Waals surface area contributed by atoms with Gasteiger partial charge in [0.05, 0.1) is 4.92 Å². The molecule has 2 N–H and O–H groups in total. The van der Waals surface area contributed by atoms with Crippen LogP contribution in [0.4, 0.5) is 11.6 Å². The molecule has 8 heteroatoms. The molecule has 2 heterocycles. The molecule has 0 saturated heterocycles. The van der Waals surface area contributed by atoms with Crippen LogP contribution in [-0.4, -0.2) is 24.7 Å². The van der Waals surface area contributed by atoms with Gasteiger partial charge in [-0.05, 0) is 20.8 Å². The topological polar surface area (TPSA) is 113 Å². The number of nitrogens with two attached hydrogens (primary N) is 1. The Morgan fingerprint density at radius 3 is 2.50 bits per heavy atom. The Morgan fingerprint density at radius 2 is 2.00 bits per heavy atom. The number of hydrogen-bond donors (Lipinski definition) is 1. The first-order valence-corrected chi connectivity index (χ1v) is 5.22. The Labute approximate surface area is 103 Å². The largest absolute Gasteiger partial charge is 0.368 e. The summed E-state index contributed by atoms with van der Waals surface area (Å²) in [5.74, 6) is 0.536. The van der Waals surface area contributed by atoms with Gasteiger partial charge in [-0.1, -0.05) is 0 Å². The zero-order chi connectivity index (χ0) is 13.4. The van der Waals surface area contributed by atoms with Gasteiger partial charge in [-0.25, -0.2) is 9.67 Å². The van der Waals surface area contributed by atoms with Crippen molar-refractivity contribution in [1.29, 1.82) is 0 Å². The Bertz CT molecular complexity index is 613. The molecule has 0 amide bonds. The Hall–Kier alpha value is -2.51. The average molecular weight is 248 g/mol. The number of nitro groups is 1. The van der Waals surface area contributed by atoms with Gasteiger partial charge in [-0.15, -0.1) is 0 Å². The lowest BCUT2D eigenvalue weighted by Gasteiger charge is -2.04. The van der Waals surface area contributed by atoms with Gasteiger partial charge in [-0.3, -0.25) is 10.1 Å². The second-order valence-corrected chi connectivity index (χ2v) is 3.91. The first-order chi connectivity index (χ1) is 8.40. The van der Waals surface area contributed by atoms with Crippen LogP contribution in [-0.2, 0) is 0 Å². The average Bonchev–Trinajstić information content (AvgIpc) is 2.52. The highest BCUT2D eigenvalue weighted by Gasteiger charge is 2.23. The van der Waals surface area contributed by atoms with E-state index in [1.165, 1.54) is 4.68 Å². The maximum atomic E-state index is 10.9. The van der Waals surface area contributed by atoms with Crippen LogP contribution in [0.15, 0.2) is 6.07 Å². The molecule has 0 bridgehead atoms. The van der Waals surface area contributed by atoms with Crippen molar-refractivity contribution in [2.75, 3.05) is 5.73 Å². The molecule has 0 unspecified atom stereocenters. The highest BCUT2D eigenvalue weighted by molar-refractivity contribution is 5.44. The van der Waals surface area contributed by atoms with Crippen LogP contribution in [0.5, 0.6) is 0 Å². The molecule has 8 nitrogen and oxygen atoms in total. The first-order valence-electron chi connectivity index (χ1n) is 5.22. The molecule has 0 fully saturated rings. The zero-order valence-electron chi connectivity index (χ0n) is 10.2. The Morgan fingerprint density at radius 1 is 1.33 bits per heavy atom. The smallest absolute Gasteiger partial charge is 0.313 e. The summed E-state index contributed by atoms with van der Waals surface area (Å²) in [5, 5.41) is 15.0. The van der Waals surface area contributed by atoms with E-state index in [0.29, 0.717) is 22.9 Å². The summed E-state index contributed by atoms with van der Waals surface area (Å²) in [4.78, 5) is 18.4. The van der Waals surface area contributed by atoms with Crippen molar-refractivity contribution >= 4 is 11.6 Å². The van der Waals surface area contributed by atoms with E-state index in [2.05, 4.69) is 15.1 Å². The van der Waals surface area contributed by atoms with Gasteiger partial charge >= 0.3 is 5.69 Å². The minimum absolute atomic E-state index is 0.00941. The second kappa shape index (κ2) is 4.06. The van der Waals surface area contributed by atoms with Crippen molar-refractivity contribution in [3.05, 3.63) is 33.3 Å². The molecule has 0 spiro atoms. The molecule has 2 aromatic heterocycles. The number of nitrogens with zero attached hydrogens (tertiary/aromatic N) is 5. The summed E-state index contributed by atoms with van der Waals surface area (Å²) in [6.45, 7) is 4.96. The Kier molecular flexibility index (Phi) is 2.70. The van der Waals surface area contributed by atoms with Gasteiger partial charge < -0.3 is 5.73 Å². The van der Waals surface area contributed by atoms with Gasteiger partial charge in [0, 0.05) is 11.8 Å². The number of anilines is 1. The van der Waals surface area contributed by atoms with E-state index in [1.54, 1.807) is 26.8 Å². The fourth-order valence-electron chi connectivity index (χ4n) is 1.80. The normalized spacial score (nSPS) is 10.6. The van der Waals surface area contributed by atoms with Gasteiger partial charge in [0.1, 0.15) is 11.4 Å². The molecule has 2 rings (SSSR count). The molecular weight excluding hydrogens is 236 g/mol. The molecule has 0 radical (unpaired) electrons. The van der Waals surface area contributed by atoms with E-state index in [-0.39, 0.29) is 11.6 Å². The molecule has 0 aliphatic rings. The number of aryl methyl sites for hydroxylation is 2. The predicted molar refractivity (Wildman–Crippen MR) is 64.4 cm³/mol. The fourth-order valence-corrected chi connectivity index (χ4v) is 1.80. The molecule has 0 aliphatic heterocycles. The maximum Gasteiger partial charge on any atom is 0.313 e. The van der Waals surface area contributed by atoms with Crippen LogP contribution in [0.25, 0.3) is 5.82 Å². The van der Waals surface area contributed by atoms with Gasteiger partial charge in [0.25, 0.3) is 0 Å². The van der Waals surface area contributed by atoms with Crippen LogP contribution >= 0.6 is 0 Å². The minimum Gasteiger partial charge on any atom is -0.368 e. The third-order valence-electron chi connectivity index (χ3n) is 2.51. The van der Waals surface area contributed by atoms with Crippen LogP contribution < -0.4 is 5.73 Å². The molecule has 0 atom stereocenters. The van der Waals surface area contributed by atoms with Crippen LogP contribution in [0, 0.1) is 30.9 Å². The molecule has 0 saturated carbocycles. The van der Waals surface area contributed by atoms with Crippen molar-refractivity contribution in [3.63, 3.8) is 0 Å². The summed E-state index contributed by atoms with van der Waals surface area (Å²) < 4.78 is 1.40. The first kappa shape index (κ1) is 12.0. The Balaban J connectivity index is 2.65. The summed E-state index contributed by atoms with van der Waals surface area (Å²) in [6.07, 6.45) is 0. The summed E-state index contributed by atoms with van der Waals surface area (Å²) in [6, 6.07) is 1.67. The minimum atomic E-state index is -0.453. The number of aromatic nitrogens is 4. The van der Waals surface area contributed by atoms with Crippen LogP contribution in [0.2, 0.25) is 0 Å². The standard InChI is InChI=1S/C10H12N6O2/c1-5-4-8(13-10(11)12-5)15-7(3)9(16(17)18)6(2)14-15/h4H,1-3H3,(H2,11,12,13). The second-order valence-electron chi connectivity index (χ2n) is 3.91. The fraction of sp³-hybridized carbons (Fsp3) is 0.300. The number of hydrogen-bond acceptors (Lipinski definition) is 6. The van der Waals surface area contributed by atoms with E-state index < -0.39 is 4.92 Å². The van der Waals surface area contributed by atoms with E-state index >= 15 is 0 Å². The van der Waals surface area contributed by atoms with E-state index in [9.17, 15) is 10.1 Å². The van der Waals surface area contributed by atoms with Crippen LogP contribution in [0.1, 0.15) is 17.1 Å². The monoisotopic (exact) mass is 248 g/mol. The van der Waals surface area contributed by atoms with Gasteiger partial charge in [0.2, 0.25) is 5.95 Å². The van der Waals surface area contributed by atoms with Crippen LogP contribution in [0.3, 0.4) is 0 Å². The molecule has 2 aromatic rings. The third-order valence-corrected chi connectivity index (χ3v) is 2.51. The van der Waals surface area contributed by atoms with Crippen molar-refractivity contribution in [3.8, 4) is 5.82 Å². The summed E-state index contributed by atoms with van der Waals surface area (Å²) in [5.41, 5.74) is 6.97. The summed E-state index contributed by atoms with van der Waals surface area (Å²) >= 11 is 0. The van der Waals surface area contributed by atoms with E-state index in [4.69, 9.17) is 5.73 Å². The number of rotatable bonds is 2. The maximum absolute atomic E-state index is 10.9. The molecule has 0 aromatic carbocycles. The quantitative estimate of drug-likeness (QED) is 0.628. The highest BCUT2D eigenvalue weighted by Crippen LogP contribution is 2.24. The lowest BCUT2D eigenvalue weighted by atomic mass is 10.3. The van der Waals surface area contributed by atoms with Crippen molar-refractivity contribution < 1.29 is 4.92 Å². The van der Waals surface area contributed by atoms with Crippen molar-refractivity contribution in [2.45, 2.75) is 20.8 Å². The van der Waals surface area contributed by atoms with E-state index in [1.807, 2.05) is 0 Å². The third kappa shape index (κ3) is 1.88. The van der Waals surface area contributed by atoms with Crippen molar-refractivity contribution in [2.24, 2.45) is 0 Å². The molecule has 0 aliphatic carbocycles. The number of nitrogen functional groups attached to an aromatic ring is 1. The van der Waals surface area contributed by atoms with Gasteiger partial charge in [-0.2, -0.15) is 10.1 Å². The van der Waals surface area contributed by atoms with Crippen molar-refractivity contribution in [1.82, 2.24) is 19.7 Å². The lowest BCUT2D eigenvalue weighted by molar-refractivity contribution is -0.386. The lowest BCUT2D eigenvalue weighted by Crippen LogP contribution is -2.06. The predicted octanol–water partition coefficient (Wildman–Crippen LogP) is 1.08. The van der Waals surface area contributed by atoms with Gasteiger partial charge in [0.15, 0.2) is 5.82 Å². The molecular formula is C10H12N6O2. The molecule has 94 valence electrons. The molecule has 18 heavy (non-hydrogen) atoms. The zero-order valence-corrected chi connectivity index (χ0v) is 10.2.